The van der Waals surface area contributed by atoms with Crippen LogP contribution in [0.15, 0.2) is 60.9 Å². The number of nitrogens with zero attached hydrogens (tertiary/aromatic N) is 4. The summed E-state index contributed by atoms with van der Waals surface area (Å²) in [4.78, 5) is 58.4. The van der Waals surface area contributed by atoms with Crippen LogP contribution in [-0.2, 0) is 23.8 Å². The van der Waals surface area contributed by atoms with E-state index in [1.807, 2.05) is 36.0 Å². The van der Waals surface area contributed by atoms with E-state index in [0.29, 0.717) is 13.1 Å². The number of rotatable bonds is 10. The molecule has 0 bridgehead atoms. The molecule has 2 aromatic heterocycles. The summed E-state index contributed by atoms with van der Waals surface area (Å²) in [5.41, 5.74) is 5.60. The van der Waals surface area contributed by atoms with E-state index in [-0.39, 0.29) is 42.0 Å². The first-order chi connectivity index (χ1) is 25.2. The van der Waals surface area contributed by atoms with Crippen LogP contribution < -0.4 is 5.32 Å². The molecule has 52 heavy (non-hydrogen) atoms. The van der Waals surface area contributed by atoms with Crippen LogP contribution in [-0.4, -0.2) is 99.8 Å². The fourth-order valence-electron chi connectivity index (χ4n) is 7.88. The molecule has 0 saturated carbocycles. The van der Waals surface area contributed by atoms with Crippen LogP contribution in [0.4, 0.5) is 4.79 Å². The number of hydrogen-bond donors (Lipinski definition) is 3. The summed E-state index contributed by atoms with van der Waals surface area (Å²) >= 11 is 0. The lowest BCUT2D eigenvalue weighted by Gasteiger charge is -2.30. The van der Waals surface area contributed by atoms with Gasteiger partial charge in [0.05, 0.1) is 55.1 Å². The van der Waals surface area contributed by atoms with Gasteiger partial charge in [-0.15, -0.1) is 0 Å². The number of amides is 3. The molecule has 1 spiro atoms. The number of likely N-dealkylation sites (tertiary alicyclic amines) is 2. The minimum Gasteiger partial charge on any atom is -0.453 e. The molecule has 3 aliphatic rings. The van der Waals surface area contributed by atoms with Gasteiger partial charge in [-0.1, -0.05) is 62.4 Å². The normalized spacial score (nSPS) is 22.0. The van der Waals surface area contributed by atoms with E-state index in [9.17, 15) is 14.4 Å². The lowest BCUT2D eigenvalue weighted by Crippen LogP contribution is -2.51. The molecule has 3 aliphatic heterocycles. The Labute approximate surface area is 303 Å². The number of benzene rings is 2. The Bertz CT molecular complexity index is 1880. The van der Waals surface area contributed by atoms with Crippen molar-refractivity contribution in [3.05, 3.63) is 72.6 Å². The minimum absolute atomic E-state index is 0.0325. The van der Waals surface area contributed by atoms with Crippen molar-refractivity contribution < 1.29 is 28.6 Å². The number of alkyl carbamates (subject to hydrolysis) is 1. The van der Waals surface area contributed by atoms with Gasteiger partial charge in [-0.3, -0.25) is 9.59 Å². The van der Waals surface area contributed by atoms with Crippen molar-refractivity contribution in [2.75, 3.05) is 40.5 Å². The highest BCUT2D eigenvalue weighted by molar-refractivity contribution is 5.86. The van der Waals surface area contributed by atoms with E-state index >= 15 is 0 Å². The molecule has 3 N–H and O–H groups in total. The summed E-state index contributed by atoms with van der Waals surface area (Å²) in [5, 5.41) is 2.70. The summed E-state index contributed by atoms with van der Waals surface area (Å²) in [5.74, 6) is 1.21. The zero-order chi connectivity index (χ0) is 36.4. The number of aromatic amines is 2. The van der Waals surface area contributed by atoms with E-state index in [0.717, 1.165) is 84.0 Å². The maximum atomic E-state index is 13.5. The molecule has 13 nitrogen and oxygen atoms in total. The molecule has 7 rings (SSSR count). The lowest BCUT2D eigenvalue weighted by atomic mass is 9.96. The third-order valence-corrected chi connectivity index (χ3v) is 10.6. The first-order valence-electron chi connectivity index (χ1n) is 18.1. The van der Waals surface area contributed by atoms with Crippen molar-refractivity contribution in [3.8, 4) is 33.6 Å². The minimum atomic E-state index is -0.679. The average molecular weight is 710 g/mol. The molecule has 3 fully saturated rings. The summed E-state index contributed by atoms with van der Waals surface area (Å²) in [6.07, 6.45) is 7.34. The second-order valence-corrected chi connectivity index (χ2v) is 14.4. The van der Waals surface area contributed by atoms with Gasteiger partial charge in [0, 0.05) is 26.7 Å². The van der Waals surface area contributed by atoms with Gasteiger partial charge in [0.2, 0.25) is 11.8 Å². The molecule has 3 saturated heterocycles. The van der Waals surface area contributed by atoms with Crippen LogP contribution in [0, 0.1) is 5.92 Å². The largest absolute Gasteiger partial charge is 0.453 e. The van der Waals surface area contributed by atoms with E-state index in [1.54, 1.807) is 0 Å². The maximum absolute atomic E-state index is 13.5. The van der Waals surface area contributed by atoms with E-state index in [1.165, 1.54) is 14.2 Å². The lowest BCUT2D eigenvalue weighted by molar-refractivity contribution is -0.137. The maximum Gasteiger partial charge on any atom is 0.407 e. The molecule has 0 aliphatic carbocycles. The number of carbonyl (C=O) groups is 3. The van der Waals surface area contributed by atoms with Crippen LogP contribution in [0.2, 0.25) is 0 Å². The van der Waals surface area contributed by atoms with Gasteiger partial charge in [0.15, 0.2) is 0 Å². The van der Waals surface area contributed by atoms with E-state index < -0.39 is 12.1 Å². The quantitative estimate of drug-likeness (QED) is 0.191. The number of hydrogen-bond acceptors (Lipinski definition) is 8. The molecule has 13 heteroatoms. The van der Waals surface area contributed by atoms with E-state index in [2.05, 4.69) is 68.8 Å². The Balaban J connectivity index is 1.02. The van der Waals surface area contributed by atoms with Crippen LogP contribution in [0.1, 0.15) is 69.7 Å². The molecule has 274 valence electrons. The number of H-pyrrole nitrogens is 2. The number of aromatic nitrogens is 4. The molecule has 0 unspecified atom stereocenters. The standard InChI is InChI=1S/C39H47N7O6/c1-24(2)34(44-38(49)51-4)37(48)45-17-5-7-31(45)35-40-20-29(42-35)27-12-8-25(9-13-27)26-10-14-28(15-11-26)30-21-41-36(43-30)32-19-39(16-6-18-52-39)23-46(32)33(47)22-50-3/h8-15,20-21,24,31-32,34H,5-7,16-19,22-23H2,1-4H3,(H,40,42)(H,41,43)(H,44,49)/t31-,32-,34-,39-/m0/s1. The van der Waals surface area contributed by atoms with Gasteiger partial charge >= 0.3 is 6.09 Å². The Morgan fingerprint density at radius 3 is 2.02 bits per heavy atom. The fourth-order valence-corrected chi connectivity index (χ4v) is 7.88. The summed E-state index contributed by atoms with van der Waals surface area (Å²) in [6.45, 7) is 5.73. The van der Waals surface area contributed by atoms with Gasteiger partial charge in [-0.2, -0.15) is 0 Å². The summed E-state index contributed by atoms with van der Waals surface area (Å²) < 4.78 is 16.1. The summed E-state index contributed by atoms with van der Waals surface area (Å²) in [6, 6.07) is 15.6. The molecule has 5 heterocycles. The van der Waals surface area contributed by atoms with Gasteiger partial charge in [0.25, 0.3) is 0 Å². The zero-order valence-corrected chi connectivity index (χ0v) is 30.2. The zero-order valence-electron chi connectivity index (χ0n) is 30.2. The van der Waals surface area contributed by atoms with Crippen LogP contribution in [0.3, 0.4) is 0 Å². The highest BCUT2D eigenvalue weighted by Gasteiger charge is 2.50. The Morgan fingerprint density at radius 2 is 1.48 bits per heavy atom. The molecule has 3 amide bonds. The predicted octanol–water partition coefficient (Wildman–Crippen LogP) is 5.65. The number of imidazole rings is 2. The summed E-state index contributed by atoms with van der Waals surface area (Å²) in [7, 11) is 2.83. The van der Waals surface area contributed by atoms with Gasteiger partial charge < -0.3 is 39.3 Å². The first kappa shape index (κ1) is 35.4. The second-order valence-electron chi connectivity index (χ2n) is 14.4. The van der Waals surface area contributed by atoms with Crippen LogP contribution >= 0.6 is 0 Å². The Kier molecular flexibility index (Phi) is 10.2. The Hall–Kier alpha value is -5.01. The number of methoxy groups -OCH3 is 2. The van der Waals surface area contributed by atoms with Crippen molar-refractivity contribution >= 4 is 17.9 Å². The molecular weight excluding hydrogens is 662 g/mol. The fraction of sp³-hybridized carbons (Fsp3) is 0.462. The molecule has 4 atom stereocenters. The molecule has 4 aromatic rings. The highest BCUT2D eigenvalue weighted by Crippen LogP contribution is 2.44. The molecule has 2 aromatic carbocycles. The van der Waals surface area contributed by atoms with Crippen molar-refractivity contribution in [3.63, 3.8) is 0 Å². The first-order valence-corrected chi connectivity index (χ1v) is 18.1. The van der Waals surface area contributed by atoms with Crippen molar-refractivity contribution in [1.29, 1.82) is 0 Å². The average Bonchev–Trinajstić information content (AvgIpc) is 4.01. The predicted molar refractivity (Wildman–Crippen MR) is 194 cm³/mol. The van der Waals surface area contributed by atoms with Gasteiger partial charge in [-0.05, 0) is 53.9 Å². The van der Waals surface area contributed by atoms with Gasteiger partial charge in [-0.25, -0.2) is 14.8 Å². The number of nitrogens with one attached hydrogen (secondary N) is 3. The smallest absolute Gasteiger partial charge is 0.407 e. The monoisotopic (exact) mass is 709 g/mol. The van der Waals surface area contributed by atoms with Crippen LogP contribution in [0.5, 0.6) is 0 Å². The number of ether oxygens (including phenoxy) is 3. The third-order valence-electron chi connectivity index (χ3n) is 10.6. The van der Waals surface area contributed by atoms with Crippen LogP contribution in [0.25, 0.3) is 33.6 Å². The van der Waals surface area contributed by atoms with Gasteiger partial charge in [0.1, 0.15) is 24.3 Å². The van der Waals surface area contributed by atoms with Crippen molar-refractivity contribution in [2.45, 2.75) is 69.7 Å². The highest BCUT2D eigenvalue weighted by atomic mass is 16.5. The molecular formula is C39H47N7O6. The number of carbonyl (C=O) groups excluding carboxylic acids is 3. The van der Waals surface area contributed by atoms with Crippen molar-refractivity contribution in [2.24, 2.45) is 5.92 Å². The molecule has 0 radical (unpaired) electrons. The SMILES string of the molecule is COCC(=O)N1C[C@]2(CCCO2)C[C@H]1c1ncc(-c2ccc(-c3ccc(-c4cnc([C@@H]5CCCN5C(=O)[C@@H](NC(=O)OC)C(C)C)[nH]4)cc3)cc2)[nH]1. The topological polar surface area (TPSA) is 155 Å². The second kappa shape index (κ2) is 14.9. The third kappa shape index (κ3) is 7.07. The Morgan fingerprint density at radius 1 is 0.885 bits per heavy atom. The van der Waals surface area contributed by atoms with Crippen molar-refractivity contribution in [1.82, 2.24) is 35.1 Å². The van der Waals surface area contributed by atoms with E-state index in [4.69, 9.17) is 19.2 Å².